The number of sulfone groups is 1. The highest BCUT2D eigenvalue weighted by Gasteiger charge is 2.30. The number of ether oxygens (including phenoxy) is 1. The Morgan fingerprint density at radius 2 is 2.00 bits per heavy atom. The van der Waals surface area contributed by atoms with E-state index in [-0.39, 0.29) is 5.56 Å². The second-order valence-electron chi connectivity index (χ2n) is 3.94. The standard InChI is InChI=1S/C12H14O6S/c1-8(12(14)15)19(16,17)7-11(13)9-4-3-5-10(6-9)18-2/h3-6,8H,7H2,1-2H3,(H,14,15). The minimum absolute atomic E-state index is 0.167. The first-order valence-electron chi connectivity index (χ1n) is 5.39. The molecular weight excluding hydrogens is 272 g/mol. The summed E-state index contributed by atoms with van der Waals surface area (Å²) >= 11 is 0. The molecule has 0 fully saturated rings. The molecule has 0 bridgehead atoms. The molecule has 7 heteroatoms. The Bertz CT molecular complexity index is 590. The summed E-state index contributed by atoms with van der Waals surface area (Å²) < 4.78 is 28.3. The van der Waals surface area contributed by atoms with Crippen LogP contribution in [0.1, 0.15) is 17.3 Å². The molecule has 6 nitrogen and oxygen atoms in total. The van der Waals surface area contributed by atoms with Crippen LogP contribution < -0.4 is 4.74 Å². The Morgan fingerprint density at radius 1 is 1.37 bits per heavy atom. The summed E-state index contributed by atoms with van der Waals surface area (Å²) in [7, 11) is -2.59. The van der Waals surface area contributed by atoms with Crippen molar-refractivity contribution in [3.63, 3.8) is 0 Å². The van der Waals surface area contributed by atoms with Crippen LogP contribution in [0.5, 0.6) is 5.75 Å². The van der Waals surface area contributed by atoms with Crippen molar-refractivity contribution in [2.45, 2.75) is 12.2 Å². The minimum atomic E-state index is -4.02. The number of aliphatic carboxylic acids is 1. The summed E-state index contributed by atoms with van der Waals surface area (Å²) in [6.07, 6.45) is 0. The maximum absolute atomic E-state index is 11.8. The van der Waals surface area contributed by atoms with Crippen LogP contribution in [-0.2, 0) is 14.6 Å². The fourth-order valence-electron chi connectivity index (χ4n) is 1.34. The summed E-state index contributed by atoms with van der Waals surface area (Å²) in [5.74, 6) is -2.55. The fraction of sp³-hybridized carbons (Fsp3) is 0.333. The average Bonchev–Trinajstić information content (AvgIpc) is 2.37. The second kappa shape index (κ2) is 5.83. The number of carboxylic acid groups (broad SMARTS) is 1. The number of hydrogen-bond acceptors (Lipinski definition) is 5. The predicted molar refractivity (Wildman–Crippen MR) is 68.2 cm³/mol. The lowest BCUT2D eigenvalue weighted by Crippen LogP contribution is -2.32. The zero-order chi connectivity index (χ0) is 14.6. The van der Waals surface area contributed by atoms with Crippen molar-refractivity contribution in [2.75, 3.05) is 12.9 Å². The topological polar surface area (TPSA) is 97.7 Å². The van der Waals surface area contributed by atoms with Gasteiger partial charge in [-0.2, -0.15) is 0 Å². The van der Waals surface area contributed by atoms with Gasteiger partial charge < -0.3 is 9.84 Å². The van der Waals surface area contributed by atoms with Crippen molar-refractivity contribution >= 4 is 21.6 Å². The second-order valence-corrected chi connectivity index (χ2v) is 6.26. The van der Waals surface area contributed by atoms with Gasteiger partial charge in [-0.3, -0.25) is 9.59 Å². The van der Waals surface area contributed by atoms with Gasteiger partial charge in [-0.25, -0.2) is 8.42 Å². The summed E-state index contributed by atoms with van der Waals surface area (Å²) in [6, 6.07) is 6.03. The van der Waals surface area contributed by atoms with Crippen molar-refractivity contribution in [2.24, 2.45) is 0 Å². The Hall–Kier alpha value is -1.89. The summed E-state index contributed by atoms with van der Waals surface area (Å²) in [4.78, 5) is 22.5. The highest BCUT2D eigenvalue weighted by atomic mass is 32.2. The van der Waals surface area contributed by atoms with E-state index in [2.05, 4.69) is 0 Å². The van der Waals surface area contributed by atoms with Crippen LogP contribution in [0.15, 0.2) is 24.3 Å². The molecule has 1 N–H and O–H groups in total. The van der Waals surface area contributed by atoms with E-state index in [9.17, 15) is 18.0 Å². The van der Waals surface area contributed by atoms with Crippen LogP contribution in [0.25, 0.3) is 0 Å². The SMILES string of the molecule is COc1cccc(C(=O)CS(=O)(=O)C(C)C(=O)O)c1. The first-order chi connectivity index (χ1) is 8.77. The van der Waals surface area contributed by atoms with E-state index >= 15 is 0 Å². The average molecular weight is 286 g/mol. The van der Waals surface area contributed by atoms with Gasteiger partial charge in [0.1, 0.15) is 11.5 Å². The highest BCUT2D eigenvalue weighted by molar-refractivity contribution is 7.93. The monoisotopic (exact) mass is 286 g/mol. The zero-order valence-corrected chi connectivity index (χ0v) is 11.3. The van der Waals surface area contributed by atoms with E-state index in [0.29, 0.717) is 5.75 Å². The summed E-state index contributed by atoms with van der Waals surface area (Å²) in [5.41, 5.74) is 0.167. The van der Waals surface area contributed by atoms with Crippen LogP contribution in [0, 0.1) is 0 Å². The maximum Gasteiger partial charge on any atom is 0.321 e. The summed E-state index contributed by atoms with van der Waals surface area (Å²) in [6.45, 7) is 1.04. The molecule has 0 saturated heterocycles. The van der Waals surface area contributed by atoms with Crippen molar-refractivity contribution in [1.29, 1.82) is 0 Å². The molecule has 0 aromatic heterocycles. The molecule has 1 aromatic rings. The van der Waals surface area contributed by atoms with Crippen LogP contribution in [0.4, 0.5) is 0 Å². The molecule has 0 amide bonds. The molecule has 0 aliphatic carbocycles. The Balaban J connectivity index is 2.93. The quantitative estimate of drug-likeness (QED) is 0.775. The van der Waals surface area contributed by atoms with Crippen LogP contribution >= 0.6 is 0 Å². The number of carbonyl (C=O) groups excluding carboxylic acids is 1. The normalized spacial score (nSPS) is 12.7. The van der Waals surface area contributed by atoms with Crippen LogP contribution in [0.3, 0.4) is 0 Å². The number of ketones is 1. The van der Waals surface area contributed by atoms with Gasteiger partial charge >= 0.3 is 5.97 Å². The molecule has 19 heavy (non-hydrogen) atoms. The van der Waals surface area contributed by atoms with Crippen molar-refractivity contribution in [1.82, 2.24) is 0 Å². The van der Waals surface area contributed by atoms with Gasteiger partial charge in [0.2, 0.25) is 0 Å². The smallest absolute Gasteiger partial charge is 0.321 e. The van der Waals surface area contributed by atoms with Crippen molar-refractivity contribution in [3.8, 4) is 5.75 Å². The lowest BCUT2D eigenvalue weighted by atomic mass is 10.1. The third kappa shape index (κ3) is 3.78. The molecule has 0 aliphatic heterocycles. The number of Topliss-reactive ketones (excluding diaryl/α,β-unsaturated/α-hetero) is 1. The molecule has 1 aromatic carbocycles. The lowest BCUT2D eigenvalue weighted by Gasteiger charge is -2.08. The number of methoxy groups -OCH3 is 1. The first kappa shape index (κ1) is 15.2. The molecule has 1 unspecified atom stereocenters. The molecule has 0 saturated carbocycles. The van der Waals surface area contributed by atoms with E-state index in [4.69, 9.17) is 9.84 Å². The van der Waals surface area contributed by atoms with Crippen LogP contribution in [-0.4, -0.2) is 43.4 Å². The Kier molecular flexibility index (Phi) is 4.66. The van der Waals surface area contributed by atoms with Gasteiger partial charge in [-0.05, 0) is 19.1 Å². The number of carboxylic acids is 1. The molecule has 0 spiro atoms. The third-order valence-corrected chi connectivity index (χ3v) is 4.55. The molecule has 104 valence electrons. The van der Waals surface area contributed by atoms with Gasteiger partial charge in [0, 0.05) is 5.56 Å². The predicted octanol–water partition coefficient (Wildman–Crippen LogP) is 0.766. The van der Waals surface area contributed by atoms with Crippen molar-refractivity contribution in [3.05, 3.63) is 29.8 Å². The van der Waals surface area contributed by atoms with Crippen LogP contribution in [0.2, 0.25) is 0 Å². The zero-order valence-electron chi connectivity index (χ0n) is 10.5. The van der Waals surface area contributed by atoms with E-state index in [0.717, 1.165) is 6.92 Å². The Labute approximate surface area is 110 Å². The number of carbonyl (C=O) groups is 2. The van der Waals surface area contributed by atoms with Gasteiger partial charge in [0.15, 0.2) is 20.9 Å². The van der Waals surface area contributed by atoms with Gasteiger partial charge in [0.25, 0.3) is 0 Å². The van der Waals surface area contributed by atoms with Gasteiger partial charge in [-0.1, -0.05) is 12.1 Å². The number of rotatable bonds is 6. The van der Waals surface area contributed by atoms with Gasteiger partial charge in [0.05, 0.1) is 7.11 Å². The molecular formula is C12H14O6S. The Morgan fingerprint density at radius 3 is 2.53 bits per heavy atom. The van der Waals surface area contributed by atoms with E-state index in [1.54, 1.807) is 12.1 Å². The number of hydrogen-bond donors (Lipinski definition) is 1. The molecule has 0 radical (unpaired) electrons. The lowest BCUT2D eigenvalue weighted by molar-refractivity contribution is -0.136. The molecule has 0 aliphatic rings. The molecule has 1 rings (SSSR count). The van der Waals surface area contributed by atoms with E-state index < -0.39 is 32.6 Å². The largest absolute Gasteiger partial charge is 0.497 e. The molecule has 1 atom stereocenters. The molecule has 0 heterocycles. The van der Waals surface area contributed by atoms with Gasteiger partial charge in [-0.15, -0.1) is 0 Å². The summed E-state index contributed by atoms with van der Waals surface area (Å²) in [5, 5.41) is 7.06. The fourth-order valence-corrected chi connectivity index (χ4v) is 2.43. The van der Waals surface area contributed by atoms with E-state index in [1.165, 1.54) is 19.2 Å². The van der Waals surface area contributed by atoms with E-state index in [1.807, 2.05) is 0 Å². The highest BCUT2D eigenvalue weighted by Crippen LogP contribution is 2.14. The maximum atomic E-state index is 11.8. The number of benzene rings is 1. The minimum Gasteiger partial charge on any atom is -0.497 e. The third-order valence-electron chi connectivity index (χ3n) is 2.61. The van der Waals surface area contributed by atoms with Crippen molar-refractivity contribution < 1.29 is 27.9 Å². The first-order valence-corrected chi connectivity index (χ1v) is 7.11.